The Morgan fingerprint density at radius 1 is 1.30 bits per heavy atom. The predicted molar refractivity (Wildman–Crippen MR) is 104 cm³/mol. The molecule has 7 heteroatoms. The van der Waals surface area contributed by atoms with Gasteiger partial charge in [-0.15, -0.1) is 0 Å². The van der Waals surface area contributed by atoms with Crippen LogP contribution in [0.15, 0.2) is 18.2 Å². The molecule has 0 aliphatic heterocycles. The molecule has 1 fully saturated rings. The highest BCUT2D eigenvalue weighted by atomic mass is 16.5. The number of benzene rings is 1. The molecular weight excluding hydrogens is 346 g/mol. The molecule has 1 unspecified atom stereocenters. The lowest BCUT2D eigenvalue weighted by Crippen LogP contribution is -2.57. The molecule has 3 N–H and O–H groups in total. The predicted octanol–water partition coefficient (Wildman–Crippen LogP) is 2.31. The largest absolute Gasteiger partial charge is 0.491 e. The average Bonchev–Trinajstić information content (AvgIpc) is 2.55. The lowest BCUT2D eigenvalue weighted by molar-refractivity contribution is -0.139. The number of nitrogens with zero attached hydrogens (tertiary/aromatic N) is 1. The van der Waals surface area contributed by atoms with E-state index in [4.69, 9.17) is 9.84 Å². The number of aryl methyl sites for hydroxylation is 2. The van der Waals surface area contributed by atoms with Gasteiger partial charge in [0.25, 0.3) is 0 Å². The second kappa shape index (κ2) is 9.60. The van der Waals surface area contributed by atoms with E-state index in [1.807, 2.05) is 50.8 Å². The van der Waals surface area contributed by atoms with E-state index in [9.17, 15) is 9.59 Å². The van der Waals surface area contributed by atoms with Gasteiger partial charge in [0.15, 0.2) is 0 Å². The number of para-hydroxylation sites is 1. The minimum absolute atomic E-state index is 0.0484. The van der Waals surface area contributed by atoms with Gasteiger partial charge in [-0.05, 0) is 51.3 Å². The maximum Gasteiger partial charge on any atom is 0.317 e. The quantitative estimate of drug-likeness (QED) is 0.614. The summed E-state index contributed by atoms with van der Waals surface area (Å²) in [4.78, 5) is 24.9. The van der Waals surface area contributed by atoms with Crippen LogP contribution in [0, 0.1) is 13.8 Å². The number of aliphatic carboxylic acids is 1. The molecular formula is C20H31N3O4. The standard InChI is InChI=1S/C20H31N3O4/c1-5-23(11-18(24)25)17-9-16(10-17)22-20(26)21-15(4)12-27-19-13(2)7-6-8-14(19)3/h6-8,15-17H,5,9-12H2,1-4H3,(H,24,25)(H2,21,22,26). The fourth-order valence-corrected chi connectivity index (χ4v) is 3.40. The number of carboxylic acid groups (broad SMARTS) is 1. The van der Waals surface area contributed by atoms with Crippen molar-refractivity contribution in [2.45, 2.75) is 58.7 Å². The summed E-state index contributed by atoms with van der Waals surface area (Å²) in [6, 6.07) is 5.98. The van der Waals surface area contributed by atoms with Crippen molar-refractivity contribution in [3.63, 3.8) is 0 Å². The molecule has 1 aromatic rings. The lowest BCUT2D eigenvalue weighted by Gasteiger charge is -2.42. The van der Waals surface area contributed by atoms with Crippen LogP contribution < -0.4 is 15.4 Å². The number of hydrogen-bond acceptors (Lipinski definition) is 4. The second-order valence-corrected chi connectivity index (χ2v) is 7.33. The van der Waals surface area contributed by atoms with Crippen LogP contribution in [0.4, 0.5) is 4.79 Å². The first-order valence-corrected chi connectivity index (χ1v) is 9.52. The molecule has 2 amide bonds. The van der Waals surface area contributed by atoms with E-state index in [1.54, 1.807) is 0 Å². The number of urea groups is 1. The van der Waals surface area contributed by atoms with Gasteiger partial charge >= 0.3 is 12.0 Å². The van der Waals surface area contributed by atoms with Crippen molar-refractivity contribution in [1.82, 2.24) is 15.5 Å². The van der Waals surface area contributed by atoms with E-state index in [2.05, 4.69) is 10.6 Å². The number of ether oxygens (including phenoxy) is 1. The number of amides is 2. The zero-order chi connectivity index (χ0) is 20.0. The smallest absolute Gasteiger partial charge is 0.317 e. The van der Waals surface area contributed by atoms with Crippen molar-refractivity contribution in [3.8, 4) is 5.75 Å². The Morgan fingerprint density at radius 3 is 2.48 bits per heavy atom. The lowest BCUT2D eigenvalue weighted by atomic mass is 9.85. The molecule has 2 rings (SSSR count). The average molecular weight is 377 g/mol. The molecule has 1 aliphatic rings. The number of carbonyl (C=O) groups excluding carboxylic acids is 1. The van der Waals surface area contributed by atoms with E-state index < -0.39 is 5.97 Å². The SMILES string of the molecule is CCN(CC(=O)O)C1CC(NC(=O)NC(C)COc2c(C)cccc2C)C1. The van der Waals surface area contributed by atoms with Crippen LogP contribution >= 0.6 is 0 Å². The molecule has 1 aromatic carbocycles. The number of rotatable bonds is 9. The Morgan fingerprint density at radius 2 is 1.93 bits per heavy atom. The summed E-state index contributed by atoms with van der Waals surface area (Å²) in [7, 11) is 0. The fourth-order valence-electron chi connectivity index (χ4n) is 3.40. The van der Waals surface area contributed by atoms with Gasteiger partial charge in [-0.3, -0.25) is 9.69 Å². The molecule has 150 valence electrons. The molecule has 1 saturated carbocycles. The molecule has 0 bridgehead atoms. The molecule has 7 nitrogen and oxygen atoms in total. The van der Waals surface area contributed by atoms with E-state index in [-0.39, 0.29) is 30.7 Å². The molecule has 27 heavy (non-hydrogen) atoms. The summed E-state index contributed by atoms with van der Waals surface area (Å²) >= 11 is 0. The van der Waals surface area contributed by atoms with Gasteiger partial charge in [-0.25, -0.2) is 4.79 Å². The number of carboxylic acids is 1. The third-order valence-electron chi connectivity index (χ3n) is 4.97. The van der Waals surface area contributed by atoms with Crippen molar-refractivity contribution in [2.24, 2.45) is 0 Å². The maximum atomic E-state index is 12.1. The van der Waals surface area contributed by atoms with Crippen LogP contribution in [-0.4, -0.2) is 59.8 Å². The minimum Gasteiger partial charge on any atom is -0.491 e. The Balaban J connectivity index is 1.69. The second-order valence-electron chi connectivity index (χ2n) is 7.33. The Bertz CT molecular complexity index is 638. The van der Waals surface area contributed by atoms with Crippen LogP contribution in [0.3, 0.4) is 0 Å². The zero-order valence-electron chi connectivity index (χ0n) is 16.6. The molecule has 1 atom stereocenters. The number of hydrogen-bond donors (Lipinski definition) is 3. The summed E-state index contributed by atoms with van der Waals surface area (Å²) in [5.41, 5.74) is 2.16. The molecule has 1 aliphatic carbocycles. The van der Waals surface area contributed by atoms with E-state index >= 15 is 0 Å². The minimum atomic E-state index is -0.816. The summed E-state index contributed by atoms with van der Waals surface area (Å²) in [5, 5.41) is 14.8. The normalized spacial score (nSPS) is 19.9. The zero-order valence-corrected chi connectivity index (χ0v) is 16.6. The van der Waals surface area contributed by atoms with Crippen molar-refractivity contribution >= 4 is 12.0 Å². The van der Waals surface area contributed by atoms with Gasteiger partial charge in [0.05, 0.1) is 12.6 Å². The first kappa shape index (κ1) is 21.0. The summed E-state index contributed by atoms with van der Waals surface area (Å²) in [5.74, 6) is 0.0511. The van der Waals surface area contributed by atoms with Gasteiger partial charge in [0.2, 0.25) is 0 Å². The van der Waals surface area contributed by atoms with Crippen LogP contribution in [-0.2, 0) is 4.79 Å². The highest BCUT2D eigenvalue weighted by Crippen LogP contribution is 2.25. The van der Waals surface area contributed by atoms with Crippen molar-refractivity contribution in [3.05, 3.63) is 29.3 Å². The highest BCUT2D eigenvalue weighted by molar-refractivity contribution is 5.74. The van der Waals surface area contributed by atoms with Gasteiger partial charge in [0, 0.05) is 12.1 Å². The van der Waals surface area contributed by atoms with E-state index in [0.717, 1.165) is 29.7 Å². The van der Waals surface area contributed by atoms with E-state index in [0.29, 0.717) is 13.2 Å². The van der Waals surface area contributed by atoms with Crippen LogP contribution in [0.5, 0.6) is 5.75 Å². The van der Waals surface area contributed by atoms with Crippen molar-refractivity contribution in [1.29, 1.82) is 0 Å². The molecule has 0 radical (unpaired) electrons. The molecule has 0 aromatic heterocycles. The number of likely N-dealkylation sites (N-methyl/N-ethyl adjacent to an activating group) is 1. The third-order valence-corrected chi connectivity index (χ3v) is 4.97. The van der Waals surface area contributed by atoms with Gasteiger partial charge in [-0.2, -0.15) is 0 Å². The van der Waals surface area contributed by atoms with E-state index in [1.165, 1.54) is 0 Å². The first-order valence-electron chi connectivity index (χ1n) is 9.52. The van der Waals surface area contributed by atoms with Gasteiger partial charge < -0.3 is 20.5 Å². The Labute approximate surface area is 161 Å². The topological polar surface area (TPSA) is 90.9 Å². The first-order chi connectivity index (χ1) is 12.8. The van der Waals surface area contributed by atoms with Gasteiger partial charge in [-0.1, -0.05) is 25.1 Å². The summed E-state index contributed by atoms with van der Waals surface area (Å²) in [6.07, 6.45) is 1.56. The number of carbonyl (C=O) groups is 2. The van der Waals surface area contributed by atoms with Crippen molar-refractivity contribution < 1.29 is 19.4 Å². The summed E-state index contributed by atoms with van der Waals surface area (Å²) in [6.45, 7) is 9.01. The van der Waals surface area contributed by atoms with Gasteiger partial charge in [0.1, 0.15) is 12.4 Å². The van der Waals surface area contributed by atoms with Crippen LogP contribution in [0.2, 0.25) is 0 Å². The molecule has 0 spiro atoms. The Kier molecular flexibility index (Phi) is 7.47. The van der Waals surface area contributed by atoms with Crippen molar-refractivity contribution in [2.75, 3.05) is 19.7 Å². The molecule has 0 heterocycles. The van der Waals surface area contributed by atoms with Crippen LogP contribution in [0.25, 0.3) is 0 Å². The monoisotopic (exact) mass is 377 g/mol. The third kappa shape index (κ3) is 6.13. The maximum absolute atomic E-state index is 12.1. The number of nitrogens with one attached hydrogen (secondary N) is 2. The fraction of sp³-hybridized carbons (Fsp3) is 0.600. The van der Waals surface area contributed by atoms with Crippen LogP contribution in [0.1, 0.15) is 37.8 Å². The Hall–Kier alpha value is -2.28. The summed E-state index contributed by atoms with van der Waals surface area (Å²) < 4.78 is 5.87. The molecule has 0 saturated heterocycles. The highest BCUT2D eigenvalue weighted by Gasteiger charge is 2.34.